The largest absolute Gasteiger partial charge is 0.374 e. The minimum absolute atomic E-state index is 0.136. The first kappa shape index (κ1) is 21.8. The summed E-state index contributed by atoms with van der Waals surface area (Å²) >= 11 is 0. The van der Waals surface area contributed by atoms with Crippen LogP contribution >= 0.6 is 0 Å². The van der Waals surface area contributed by atoms with Crippen LogP contribution in [0.15, 0.2) is 82.5 Å². The van der Waals surface area contributed by atoms with Gasteiger partial charge in [0.15, 0.2) is 0 Å². The van der Waals surface area contributed by atoms with Gasteiger partial charge in [-0.2, -0.15) is 0 Å². The first-order valence-corrected chi connectivity index (χ1v) is 10.4. The van der Waals surface area contributed by atoms with Crippen molar-refractivity contribution in [1.29, 1.82) is 0 Å². The van der Waals surface area contributed by atoms with E-state index in [1.807, 2.05) is 60.7 Å². The van der Waals surface area contributed by atoms with Gasteiger partial charge in [-0.3, -0.25) is 14.8 Å². The Morgan fingerprint density at radius 1 is 0.781 bits per heavy atom. The molecule has 2 N–H and O–H groups in total. The Labute approximate surface area is 184 Å². The monoisotopic (exact) mass is 435 g/mol. The summed E-state index contributed by atoms with van der Waals surface area (Å²) in [6.07, 6.45) is 1.36. The molecule has 0 radical (unpaired) electrons. The molecule has 4 aromatic rings. The summed E-state index contributed by atoms with van der Waals surface area (Å²) in [6, 6.07) is 21.4. The van der Waals surface area contributed by atoms with E-state index in [-0.39, 0.29) is 12.8 Å². The fourth-order valence-electron chi connectivity index (χ4n) is 3.31. The molecular weight excluding hydrogens is 410 g/mol. The molecule has 8 heteroatoms. The maximum atomic E-state index is 11.9. The molecule has 2 aromatic heterocycles. The van der Waals surface area contributed by atoms with Gasteiger partial charge < -0.3 is 18.8 Å². The molecule has 0 saturated carbocycles. The zero-order valence-electron chi connectivity index (χ0n) is 17.5. The molecular formula is C24H25N3O5. The highest BCUT2D eigenvalue weighted by Gasteiger charge is 2.13. The summed E-state index contributed by atoms with van der Waals surface area (Å²) in [7, 11) is 0. The number of benzene rings is 2. The van der Waals surface area contributed by atoms with Gasteiger partial charge in [-0.15, -0.1) is 0 Å². The summed E-state index contributed by atoms with van der Waals surface area (Å²) in [5, 5.41) is 0.394. The maximum Gasteiger partial charge on any atom is 0.327 e. The zero-order chi connectivity index (χ0) is 22.2. The number of rotatable bonds is 11. The number of nitrogens with zero attached hydrogens (tertiary/aromatic N) is 1. The third-order valence-corrected chi connectivity index (χ3v) is 4.95. The van der Waals surface area contributed by atoms with Crippen molar-refractivity contribution in [3.8, 4) is 0 Å². The molecule has 0 unspecified atom stereocenters. The standard InChI is InChI=1S/C24H25N3O5/c28-23-21-11-12-27(22(21)25-24(29)26-23)17-32-20(15-30-13-18-7-3-1-4-8-18)16-31-14-19-9-5-2-6-10-19/h1-12,20H,13-17H2,(H2,25,26,28,29). The van der Waals surface area contributed by atoms with Crippen LogP contribution in [0.2, 0.25) is 0 Å². The highest BCUT2D eigenvalue weighted by atomic mass is 16.6. The van der Waals surface area contributed by atoms with Gasteiger partial charge in [0, 0.05) is 6.20 Å². The fraction of sp³-hybridized carbons (Fsp3) is 0.250. The topological polar surface area (TPSA) is 98.3 Å². The average molecular weight is 435 g/mol. The van der Waals surface area contributed by atoms with Crippen LogP contribution in [0, 0.1) is 0 Å². The van der Waals surface area contributed by atoms with Crippen LogP contribution in [-0.4, -0.2) is 33.9 Å². The molecule has 4 rings (SSSR count). The molecule has 2 heterocycles. The van der Waals surface area contributed by atoms with Gasteiger partial charge in [0.2, 0.25) is 0 Å². The first-order valence-electron chi connectivity index (χ1n) is 10.4. The second-order valence-corrected chi connectivity index (χ2v) is 7.38. The SMILES string of the molecule is O=c1[nH]c(=O)c2ccn(COC(COCc3ccccc3)COCc3ccccc3)c2[nH]1. The Morgan fingerprint density at radius 3 is 1.97 bits per heavy atom. The molecule has 8 nitrogen and oxygen atoms in total. The predicted octanol–water partition coefficient (Wildman–Crippen LogP) is 2.79. The van der Waals surface area contributed by atoms with E-state index in [0.29, 0.717) is 37.5 Å². The average Bonchev–Trinajstić information content (AvgIpc) is 3.21. The number of aromatic nitrogens is 3. The molecule has 0 aliphatic rings. The first-order chi connectivity index (χ1) is 15.7. The van der Waals surface area contributed by atoms with E-state index in [1.165, 1.54) is 0 Å². The molecule has 0 aliphatic carbocycles. The van der Waals surface area contributed by atoms with E-state index in [9.17, 15) is 9.59 Å². The summed E-state index contributed by atoms with van der Waals surface area (Å²) in [5.41, 5.74) is 1.56. The Hall–Kier alpha value is -3.46. The second kappa shape index (κ2) is 10.7. The minimum Gasteiger partial charge on any atom is -0.374 e. The molecule has 0 saturated heterocycles. The second-order valence-electron chi connectivity index (χ2n) is 7.38. The predicted molar refractivity (Wildman–Crippen MR) is 120 cm³/mol. The highest BCUT2D eigenvalue weighted by molar-refractivity contribution is 5.74. The van der Waals surface area contributed by atoms with Crippen LogP contribution in [0.3, 0.4) is 0 Å². The van der Waals surface area contributed by atoms with Crippen molar-refractivity contribution in [2.45, 2.75) is 26.0 Å². The van der Waals surface area contributed by atoms with Crippen molar-refractivity contribution in [3.05, 3.63) is 105 Å². The Bertz CT molecular complexity index is 1190. The molecule has 0 atom stereocenters. The van der Waals surface area contributed by atoms with E-state index >= 15 is 0 Å². The molecule has 2 aromatic carbocycles. The fourth-order valence-corrected chi connectivity index (χ4v) is 3.31. The lowest BCUT2D eigenvalue weighted by Crippen LogP contribution is -2.27. The number of hydrogen-bond acceptors (Lipinski definition) is 5. The Balaban J connectivity index is 1.38. The molecule has 32 heavy (non-hydrogen) atoms. The number of hydrogen-bond donors (Lipinski definition) is 2. The zero-order valence-corrected chi connectivity index (χ0v) is 17.5. The van der Waals surface area contributed by atoms with Gasteiger partial charge in [0.1, 0.15) is 18.5 Å². The Morgan fingerprint density at radius 2 is 1.38 bits per heavy atom. The van der Waals surface area contributed by atoms with Gasteiger partial charge in [-0.05, 0) is 17.2 Å². The van der Waals surface area contributed by atoms with Crippen molar-refractivity contribution in [1.82, 2.24) is 14.5 Å². The van der Waals surface area contributed by atoms with Crippen LogP contribution in [-0.2, 0) is 34.2 Å². The number of ether oxygens (including phenoxy) is 3. The van der Waals surface area contributed by atoms with Gasteiger partial charge in [-0.25, -0.2) is 4.79 Å². The van der Waals surface area contributed by atoms with Crippen LogP contribution in [0.25, 0.3) is 11.0 Å². The summed E-state index contributed by atoms with van der Waals surface area (Å²) in [4.78, 5) is 28.4. The van der Waals surface area contributed by atoms with E-state index in [2.05, 4.69) is 9.97 Å². The number of nitrogens with one attached hydrogen (secondary N) is 2. The van der Waals surface area contributed by atoms with Gasteiger partial charge >= 0.3 is 5.69 Å². The normalized spacial score (nSPS) is 11.4. The number of aromatic amines is 2. The lowest BCUT2D eigenvalue weighted by atomic mass is 10.2. The maximum absolute atomic E-state index is 11.9. The van der Waals surface area contributed by atoms with E-state index in [4.69, 9.17) is 14.2 Å². The highest BCUT2D eigenvalue weighted by Crippen LogP contribution is 2.10. The minimum atomic E-state index is -0.559. The smallest absolute Gasteiger partial charge is 0.327 e. The van der Waals surface area contributed by atoms with Crippen molar-refractivity contribution < 1.29 is 14.2 Å². The molecule has 0 aliphatic heterocycles. The van der Waals surface area contributed by atoms with Crippen LogP contribution in [0.1, 0.15) is 11.1 Å². The van der Waals surface area contributed by atoms with Gasteiger partial charge in [0.05, 0.1) is 31.8 Å². The summed E-state index contributed by atoms with van der Waals surface area (Å²) < 4.78 is 19.4. The van der Waals surface area contributed by atoms with E-state index in [1.54, 1.807) is 16.8 Å². The number of H-pyrrole nitrogens is 2. The van der Waals surface area contributed by atoms with Crippen LogP contribution in [0.4, 0.5) is 0 Å². The van der Waals surface area contributed by atoms with E-state index < -0.39 is 11.2 Å². The van der Waals surface area contributed by atoms with Crippen molar-refractivity contribution in [2.75, 3.05) is 13.2 Å². The third-order valence-electron chi connectivity index (χ3n) is 4.95. The third kappa shape index (κ3) is 5.82. The summed E-state index contributed by atoms with van der Waals surface area (Å²) in [5.74, 6) is 0. The lowest BCUT2D eigenvalue weighted by molar-refractivity contribution is -0.0865. The molecule has 166 valence electrons. The number of fused-ring (bicyclic) bond motifs is 1. The summed E-state index contributed by atoms with van der Waals surface area (Å²) in [6.45, 7) is 1.74. The van der Waals surface area contributed by atoms with Gasteiger partial charge in [0.25, 0.3) is 5.56 Å². The molecule has 0 bridgehead atoms. The van der Waals surface area contributed by atoms with Crippen LogP contribution in [0.5, 0.6) is 0 Å². The van der Waals surface area contributed by atoms with Crippen molar-refractivity contribution in [2.24, 2.45) is 0 Å². The molecule has 0 fully saturated rings. The van der Waals surface area contributed by atoms with Crippen molar-refractivity contribution >= 4 is 11.0 Å². The van der Waals surface area contributed by atoms with Crippen LogP contribution < -0.4 is 11.2 Å². The van der Waals surface area contributed by atoms with E-state index in [0.717, 1.165) is 11.1 Å². The molecule has 0 spiro atoms. The van der Waals surface area contributed by atoms with Crippen molar-refractivity contribution in [3.63, 3.8) is 0 Å². The quantitative estimate of drug-likeness (QED) is 0.378. The van der Waals surface area contributed by atoms with Gasteiger partial charge in [-0.1, -0.05) is 60.7 Å². The molecule has 0 amide bonds. The Kier molecular flexibility index (Phi) is 7.29. The lowest BCUT2D eigenvalue weighted by Gasteiger charge is -2.19.